The highest BCUT2D eigenvalue weighted by Crippen LogP contribution is 2.20. The molecule has 0 spiro atoms. The molecule has 0 saturated carbocycles. The molecule has 2 amide bonds. The van der Waals surface area contributed by atoms with Gasteiger partial charge in [0, 0.05) is 23.4 Å². The number of para-hydroxylation sites is 1. The topological polar surface area (TPSA) is 58.2 Å². The van der Waals surface area contributed by atoms with E-state index in [0.29, 0.717) is 23.6 Å². The van der Waals surface area contributed by atoms with Crippen LogP contribution in [0.4, 0.5) is 5.69 Å². The van der Waals surface area contributed by atoms with Crippen molar-refractivity contribution in [3.05, 3.63) is 64.7 Å². The second-order valence-corrected chi connectivity index (χ2v) is 6.74. The van der Waals surface area contributed by atoms with E-state index < -0.39 is 0 Å². The van der Waals surface area contributed by atoms with Crippen LogP contribution < -0.4 is 10.6 Å². The molecule has 0 aliphatic heterocycles. The second kappa shape index (κ2) is 8.47. The van der Waals surface area contributed by atoms with Crippen molar-refractivity contribution in [2.45, 2.75) is 34.1 Å². The summed E-state index contributed by atoms with van der Waals surface area (Å²) in [5.41, 5.74) is 3.81. The number of carbonyl (C=O) groups is 2. The Labute approximate surface area is 149 Å². The number of rotatable bonds is 6. The number of benzene rings is 2. The highest BCUT2D eigenvalue weighted by Gasteiger charge is 2.12. The Hall–Kier alpha value is -2.62. The Morgan fingerprint density at radius 3 is 2.08 bits per heavy atom. The van der Waals surface area contributed by atoms with E-state index in [2.05, 4.69) is 24.5 Å². The molecule has 2 N–H and O–H groups in total. The number of anilines is 1. The lowest BCUT2D eigenvalue weighted by molar-refractivity contribution is 0.0952. The van der Waals surface area contributed by atoms with Crippen molar-refractivity contribution in [1.82, 2.24) is 5.32 Å². The predicted molar refractivity (Wildman–Crippen MR) is 102 cm³/mol. The van der Waals surface area contributed by atoms with Crippen molar-refractivity contribution in [2.75, 3.05) is 11.9 Å². The van der Waals surface area contributed by atoms with Crippen LogP contribution in [0.1, 0.15) is 52.1 Å². The van der Waals surface area contributed by atoms with Crippen molar-refractivity contribution in [3.8, 4) is 0 Å². The third-order valence-corrected chi connectivity index (χ3v) is 4.11. The molecule has 4 nitrogen and oxygen atoms in total. The molecular weight excluding hydrogens is 312 g/mol. The smallest absolute Gasteiger partial charge is 0.255 e. The van der Waals surface area contributed by atoms with Gasteiger partial charge in [-0.15, -0.1) is 0 Å². The SMILES string of the molecule is Cc1cccc(C)c1NC(=O)c1cccc(C(=O)NCCC(C)C)c1. The molecule has 132 valence electrons. The standard InChI is InChI=1S/C21H26N2O2/c1-14(2)11-12-22-20(24)17-9-6-10-18(13-17)21(25)23-19-15(3)7-5-8-16(19)4/h5-10,13-14H,11-12H2,1-4H3,(H,22,24)(H,23,25). The molecule has 0 atom stereocenters. The minimum Gasteiger partial charge on any atom is -0.352 e. The summed E-state index contributed by atoms with van der Waals surface area (Å²) in [5, 5.41) is 5.84. The predicted octanol–water partition coefficient (Wildman–Crippen LogP) is 4.33. The minimum absolute atomic E-state index is 0.151. The maximum absolute atomic E-state index is 12.6. The van der Waals surface area contributed by atoms with E-state index in [-0.39, 0.29) is 11.8 Å². The lowest BCUT2D eigenvalue weighted by Gasteiger charge is -2.12. The van der Waals surface area contributed by atoms with Crippen molar-refractivity contribution in [1.29, 1.82) is 0 Å². The first-order valence-electron chi connectivity index (χ1n) is 8.64. The Balaban J connectivity index is 2.10. The van der Waals surface area contributed by atoms with Gasteiger partial charge in [0.05, 0.1) is 0 Å². The lowest BCUT2D eigenvalue weighted by Crippen LogP contribution is -2.25. The van der Waals surface area contributed by atoms with E-state index >= 15 is 0 Å². The summed E-state index contributed by atoms with van der Waals surface area (Å²) in [6, 6.07) is 12.7. The van der Waals surface area contributed by atoms with Crippen LogP contribution in [-0.2, 0) is 0 Å². The van der Waals surface area contributed by atoms with E-state index in [4.69, 9.17) is 0 Å². The Kier molecular flexibility index (Phi) is 6.34. The van der Waals surface area contributed by atoms with Gasteiger partial charge in [-0.25, -0.2) is 0 Å². The van der Waals surface area contributed by atoms with Gasteiger partial charge < -0.3 is 10.6 Å². The van der Waals surface area contributed by atoms with Crippen LogP contribution in [0.3, 0.4) is 0 Å². The fourth-order valence-corrected chi connectivity index (χ4v) is 2.58. The molecule has 2 aromatic rings. The average Bonchev–Trinajstić information content (AvgIpc) is 2.58. The normalized spacial score (nSPS) is 10.6. The molecular formula is C21H26N2O2. The summed E-state index contributed by atoms with van der Waals surface area (Å²) in [6.45, 7) is 8.78. The maximum atomic E-state index is 12.6. The van der Waals surface area contributed by atoms with Crippen LogP contribution in [0.5, 0.6) is 0 Å². The zero-order valence-electron chi connectivity index (χ0n) is 15.3. The number of carbonyl (C=O) groups excluding carboxylic acids is 2. The van der Waals surface area contributed by atoms with Gasteiger partial charge in [0.1, 0.15) is 0 Å². The zero-order chi connectivity index (χ0) is 18.4. The number of amides is 2. The molecule has 0 bridgehead atoms. The van der Waals surface area contributed by atoms with Crippen molar-refractivity contribution in [2.24, 2.45) is 5.92 Å². The summed E-state index contributed by atoms with van der Waals surface area (Å²) in [7, 11) is 0. The van der Waals surface area contributed by atoms with Gasteiger partial charge in [0.15, 0.2) is 0 Å². The first kappa shape index (κ1) is 18.7. The van der Waals surface area contributed by atoms with Crippen molar-refractivity contribution >= 4 is 17.5 Å². The van der Waals surface area contributed by atoms with Gasteiger partial charge >= 0.3 is 0 Å². The maximum Gasteiger partial charge on any atom is 0.255 e. The average molecular weight is 338 g/mol. The van der Waals surface area contributed by atoms with Gasteiger partial charge in [0.25, 0.3) is 11.8 Å². The summed E-state index contributed by atoms with van der Waals surface area (Å²) >= 11 is 0. The molecule has 0 aliphatic rings. The quantitative estimate of drug-likeness (QED) is 0.823. The van der Waals surface area contributed by atoms with Gasteiger partial charge in [-0.3, -0.25) is 9.59 Å². The van der Waals surface area contributed by atoms with Crippen LogP contribution in [0.15, 0.2) is 42.5 Å². The lowest BCUT2D eigenvalue weighted by atomic mass is 10.1. The monoisotopic (exact) mass is 338 g/mol. The van der Waals surface area contributed by atoms with Crippen molar-refractivity contribution in [3.63, 3.8) is 0 Å². The second-order valence-electron chi connectivity index (χ2n) is 6.74. The number of hydrogen-bond donors (Lipinski definition) is 2. The van der Waals surface area contributed by atoms with Crippen LogP contribution in [0.25, 0.3) is 0 Å². The number of nitrogens with one attached hydrogen (secondary N) is 2. The molecule has 25 heavy (non-hydrogen) atoms. The summed E-state index contributed by atoms with van der Waals surface area (Å²) in [4.78, 5) is 24.8. The minimum atomic E-state index is -0.214. The molecule has 2 rings (SSSR count). The highest BCUT2D eigenvalue weighted by atomic mass is 16.2. The molecule has 2 aromatic carbocycles. The fraction of sp³-hybridized carbons (Fsp3) is 0.333. The molecule has 0 fully saturated rings. The molecule has 0 unspecified atom stereocenters. The van der Waals surface area contributed by atoms with Crippen LogP contribution in [0, 0.1) is 19.8 Å². The molecule has 4 heteroatoms. The van der Waals surface area contributed by atoms with Crippen LogP contribution in [0.2, 0.25) is 0 Å². The Morgan fingerprint density at radius 2 is 1.48 bits per heavy atom. The van der Waals surface area contributed by atoms with Gasteiger partial charge in [-0.1, -0.05) is 38.1 Å². The molecule has 0 aliphatic carbocycles. The molecule has 0 heterocycles. The van der Waals surface area contributed by atoms with Gasteiger partial charge in [-0.05, 0) is 55.5 Å². The van der Waals surface area contributed by atoms with E-state index in [1.54, 1.807) is 24.3 Å². The van der Waals surface area contributed by atoms with E-state index in [1.165, 1.54) is 0 Å². The van der Waals surface area contributed by atoms with Crippen LogP contribution in [-0.4, -0.2) is 18.4 Å². The Morgan fingerprint density at radius 1 is 0.920 bits per heavy atom. The first-order valence-corrected chi connectivity index (χ1v) is 8.64. The summed E-state index contributed by atoms with van der Waals surface area (Å²) in [6.07, 6.45) is 0.929. The number of hydrogen-bond acceptors (Lipinski definition) is 2. The molecule has 0 saturated heterocycles. The van der Waals surface area contributed by atoms with Crippen molar-refractivity contribution < 1.29 is 9.59 Å². The zero-order valence-corrected chi connectivity index (χ0v) is 15.3. The van der Waals surface area contributed by atoms with Gasteiger partial charge in [0.2, 0.25) is 0 Å². The Bertz CT molecular complexity index is 746. The largest absolute Gasteiger partial charge is 0.352 e. The van der Waals surface area contributed by atoms with Crippen LogP contribution >= 0.6 is 0 Å². The third-order valence-electron chi connectivity index (χ3n) is 4.11. The van der Waals surface area contributed by atoms with Gasteiger partial charge in [-0.2, -0.15) is 0 Å². The van der Waals surface area contributed by atoms with E-state index in [0.717, 1.165) is 23.2 Å². The first-order chi connectivity index (χ1) is 11.9. The molecule has 0 aromatic heterocycles. The third kappa shape index (κ3) is 5.18. The fourth-order valence-electron chi connectivity index (χ4n) is 2.58. The highest BCUT2D eigenvalue weighted by molar-refractivity contribution is 6.06. The molecule has 0 radical (unpaired) electrons. The number of aryl methyl sites for hydroxylation is 2. The van der Waals surface area contributed by atoms with E-state index in [1.807, 2.05) is 32.0 Å². The van der Waals surface area contributed by atoms with E-state index in [9.17, 15) is 9.59 Å². The summed E-state index contributed by atoms with van der Waals surface area (Å²) in [5.74, 6) is 0.173. The summed E-state index contributed by atoms with van der Waals surface area (Å²) < 4.78 is 0.